The van der Waals surface area contributed by atoms with E-state index >= 15 is 0 Å². The number of methoxy groups -OCH3 is 1. The van der Waals surface area contributed by atoms with Crippen LogP contribution in [-0.4, -0.2) is 55.0 Å². The van der Waals surface area contributed by atoms with Gasteiger partial charge in [0.25, 0.3) is 5.91 Å². The van der Waals surface area contributed by atoms with Gasteiger partial charge in [0.05, 0.1) is 0 Å². The smallest absolute Gasteiger partial charge is 0.252 e. The van der Waals surface area contributed by atoms with Gasteiger partial charge in [0.15, 0.2) is 0 Å². The summed E-state index contributed by atoms with van der Waals surface area (Å²) in [5, 5.41) is 0. The number of amides is 2. The van der Waals surface area contributed by atoms with Crippen molar-refractivity contribution in [1.29, 1.82) is 0 Å². The average Bonchev–Trinajstić information content (AvgIpc) is 2.69. The molecular weight excluding hydrogens is 282 g/mol. The number of carbonyl (C=O) groups is 2. The minimum absolute atomic E-state index is 0.0603. The Kier molecular flexibility index (Phi) is 5.49. The van der Waals surface area contributed by atoms with E-state index in [2.05, 4.69) is 4.98 Å². The molecule has 0 aliphatic carbocycles. The molecule has 0 radical (unpaired) electrons. The number of aryl methyl sites for hydroxylation is 1. The molecule has 1 aromatic heterocycles. The van der Waals surface area contributed by atoms with E-state index in [0.29, 0.717) is 12.4 Å². The minimum Gasteiger partial charge on any atom is -0.372 e. The summed E-state index contributed by atoms with van der Waals surface area (Å²) in [5.74, 6) is 0.334. The first-order chi connectivity index (χ1) is 10.5. The molecule has 1 unspecified atom stereocenters. The molecule has 0 N–H and O–H groups in total. The highest BCUT2D eigenvalue weighted by atomic mass is 16.5. The van der Waals surface area contributed by atoms with Crippen molar-refractivity contribution >= 4 is 17.6 Å². The quantitative estimate of drug-likeness (QED) is 0.843. The summed E-state index contributed by atoms with van der Waals surface area (Å²) in [7, 11) is 3.21. The van der Waals surface area contributed by atoms with Gasteiger partial charge in [-0.3, -0.25) is 14.5 Å². The molecule has 1 fully saturated rings. The number of rotatable bonds is 4. The standard InChI is InChI=1S/C16H23N3O3/c1-12-7-8-14(17-10-12)18(2)15(20)11-19-9-5-4-6-13(22-3)16(19)21/h7-8,10,13H,4-6,9,11H2,1-3H3. The summed E-state index contributed by atoms with van der Waals surface area (Å²) in [6.07, 6.45) is 3.83. The summed E-state index contributed by atoms with van der Waals surface area (Å²) >= 11 is 0. The molecule has 0 spiro atoms. The number of anilines is 1. The number of hydrogen-bond acceptors (Lipinski definition) is 4. The highest BCUT2D eigenvalue weighted by Gasteiger charge is 2.29. The summed E-state index contributed by atoms with van der Waals surface area (Å²) in [6.45, 7) is 2.60. The minimum atomic E-state index is -0.432. The van der Waals surface area contributed by atoms with E-state index in [1.165, 1.54) is 12.0 Å². The second kappa shape index (κ2) is 7.35. The number of hydrogen-bond donors (Lipinski definition) is 0. The molecule has 2 amide bonds. The Morgan fingerprint density at radius 3 is 2.86 bits per heavy atom. The van der Waals surface area contributed by atoms with E-state index < -0.39 is 6.10 Å². The third-order valence-corrected chi connectivity index (χ3v) is 3.96. The first-order valence-corrected chi connectivity index (χ1v) is 7.53. The van der Waals surface area contributed by atoms with Gasteiger partial charge < -0.3 is 9.64 Å². The molecule has 2 heterocycles. The zero-order valence-corrected chi connectivity index (χ0v) is 13.4. The van der Waals surface area contributed by atoms with Crippen LogP contribution in [0, 0.1) is 6.92 Å². The lowest BCUT2D eigenvalue weighted by molar-refractivity contribution is -0.143. The maximum absolute atomic E-state index is 12.4. The molecule has 22 heavy (non-hydrogen) atoms. The summed E-state index contributed by atoms with van der Waals surface area (Å²) in [5.41, 5.74) is 1.04. The van der Waals surface area contributed by atoms with Gasteiger partial charge in [0.2, 0.25) is 5.91 Å². The van der Waals surface area contributed by atoms with Crippen LogP contribution in [0.15, 0.2) is 18.3 Å². The number of ether oxygens (including phenoxy) is 1. The predicted octanol–water partition coefficient (Wildman–Crippen LogP) is 1.38. The molecule has 1 aliphatic heterocycles. The first-order valence-electron chi connectivity index (χ1n) is 7.53. The number of likely N-dealkylation sites (tertiary alicyclic amines) is 1. The maximum Gasteiger partial charge on any atom is 0.252 e. The van der Waals surface area contributed by atoms with Crippen molar-refractivity contribution in [2.45, 2.75) is 32.3 Å². The average molecular weight is 305 g/mol. The van der Waals surface area contributed by atoms with Crippen LogP contribution in [0.25, 0.3) is 0 Å². The number of likely N-dealkylation sites (N-methyl/N-ethyl adjacent to an activating group) is 1. The molecule has 1 aliphatic rings. The van der Waals surface area contributed by atoms with E-state index in [4.69, 9.17) is 4.74 Å². The van der Waals surface area contributed by atoms with E-state index in [9.17, 15) is 9.59 Å². The molecule has 120 valence electrons. The Morgan fingerprint density at radius 2 is 2.23 bits per heavy atom. The molecule has 1 saturated heterocycles. The lowest BCUT2D eigenvalue weighted by atomic mass is 10.2. The third kappa shape index (κ3) is 3.82. The number of nitrogens with zero attached hydrogens (tertiary/aromatic N) is 3. The van der Waals surface area contributed by atoms with E-state index in [1.807, 2.05) is 13.0 Å². The summed E-state index contributed by atoms with van der Waals surface area (Å²) < 4.78 is 5.23. The molecule has 1 aromatic rings. The Balaban J connectivity index is 2.03. The van der Waals surface area contributed by atoms with E-state index in [-0.39, 0.29) is 18.4 Å². The molecule has 0 aromatic carbocycles. The van der Waals surface area contributed by atoms with Crippen LogP contribution < -0.4 is 4.90 Å². The Morgan fingerprint density at radius 1 is 1.45 bits per heavy atom. The van der Waals surface area contributed by atoms with Gasteiger partial charge in [-0.25, -0.2) is 4.98 Å². The number of carbonyl (C=O) groups excluding carboxylic acids is 2. The van der Waals surface area contributed by atoms with Crippen molar-refractivity contribution in [2.24, 2.45) is 0 Å². The van der Waals surface area contributed by atoms with Crippen molar-refractivity contribution in [2.75, 3.05) is 32.1 Å². The summed E-state index contributed by atoms with van der Waals surface area (Å²) in [6, 6.07) is 3.71. The first kappa shape index (κ1) is 16.4. The maximum atomic E-state index is 12.4. The Bertz CT molecular complexity index is 530. The van der Waals surface area contributed by atoms with E-state index in [0.717, 1.165) is 24.8 Å². The van der Waals surface area contributed by atoms with Gasteiger partial charge in [-0.1, -0.05) is 6.07 Å². The number of pyridine rings is 1. The highest BCUT2D eigenvalue weighted by molar-refractivity contribution is 5.96. The van der Waals surface area contributed by atoms with Gasteiger partial charge in [0, 0.05) is 26.9 Å². The molecule has 2 rings (SSSR count). The highest BCUT2D eigenvalue weighted by Crippen LogP contribution is 2.15. The largest absolute Gasteiger partial charge is 0.372 e. The van der Waals surface area contributed by atoms with Gasteiger partial charge in [-0.15, -0.1) is 0 Å². The molecule has 0 saturated carbocycles. The van der Waals surface area contributed by atoms with Crippen molar-refractivity contribution in [3.05, 3.63) is 23.9 Å². The number of aromatic nitrogens is 1. The fourth-order valence-electron chi connectivity index (χ4n) is 2.50. The Labute approximate surface area is 131 Å². The van der Waals surface area contributed by atoms with Gasteiger partial charge in [-0.05, 0) is 37.8 Å². The van der Waals surface area contributed by atoms with Crippen LogP contribution >= 0.6 is 0 Å². The third-order valence-electron chi connectivity index (χ3n) is 3.96. The van der Waals surface area contributed by atoms with Crippen molar-refractivity contribution in [3.63, 3.8) is 0 Å². The van der Waals surface area contributed by atoms with Crippen molar-refractivity contribution in [3.8, 4) is 0 Å². The molecule has 6 heteroatoms. The zero-order valence-electron chi connectivity index (χ0n) is 13.4. The molecule has 0 bridgehead atoms. The van der Waals surface area contributed by atoms with Gasteiger partial charge >= 0.3 is 0 Å². The SMILES string of the molecule is COC1CCCCN(CC(=O)N(C)c2ccc(C)cn2)C1=O. The van der Waals surface area contributed by atoms with Crippen LogP contribution in [0.3, 0.4) is 0 Å². The van der Waals surface area contributed by atoms with Crippen LogP contribution in [0.4, 0.5) is 5.82 Å². The van der Waals surface area contributed by atoms with Crippen LogP contribution in [-0.2, 0) is 14.3 Å². The Hall–Kier alpha value is -1.95. The molecule has 6 nitrogen and oxygen atoms in total. The predicted molar refractivity (Wildman–Crippen MR) is 83.6 cm³/mol. The van der Waals surface area contributed by atoms with Crippen molar-refractivity contribution in [1.82, 2.24) is 9.88 Å². The lowest BCUT2D eigenvalue weighted by Crippen LogP contribution is -2.45. The van der Waals surface area contributed by atoms with E-state index in [1.54, 1.807) is 24.2 Å². The molecule has 1 atom stereocenters. The zero-order chi connectivity index (χ0) is 16.1. The molecular formula is C16H23N3O3. The summed E-state index contributed by atoms with van der Waals surface area (Å²) in [4.78, 5) is 32.0. The second-order valence-corrected chi connectivity index (χ2v) is 5.63. The fourth-order valence-corrected chi connectivity index (χ4v) is 2.50. The van der Waals surface area contributed by atoms with Crippen LogP contribution in [0.5, 0.6) is 0 Å². The fraction of sp³-hybridized carbons (Fsp3) is 0.562. The second-order valence-electron chi connectivity index (χ2n) is 5.63. The lowest BCUT2D eigenvalue weighted by Gasteiger charge is -2.25. The van der Waals surface area contributed by atoms with Gasteiger partial charge in [-0.2, -0.15) is 0 Å². The van der Waals surface area contributed by atoms with Crippen molar-refractivity contribution < 1.29 is 14.3 Å². The monoisotopic (exact) mass is 305 g/mol. The van der Waals surface area contributed by atoms with Crippen LogP contribution in [0.2, 0.25) is 0 Å². The topological polar surface area (TPSA) is 62.7 Å². The van der Waals surface area contributed by atoms with Crippen LogP contribution in [0.1, 0.15) is 24.8 Å². The normalized spacial score (nSPS) is 19.0. The van der Waals surface area contributed by atoms with Gasteiger partial charge in [0.1, 0.15) is 18.5 Å².